The Balaban J connectivity index is 3.03. The maximum Gasteiger partial charge on any atom is 0.417 e. The predicted octanol–water partition coefficient (Wildman–Crippen LogP) is 2.84. The molecule has 0 aromatic heterocycles. The van der Waals surface area contributed by atoms with Gasteiger partial charge < -0.3 is 10.1 Å². The molecule has 3 nitrogen and oxygen atoms in total. The molecule has 1 rings (SSSR count). The van der Waals surface area contributed by atoms with E-state index in [9.17, 15) is 18.0 Å². The Morgan fingerprint density at radius 2 is 2.11 bits per heavy atom. The number of rotatable bonds is 4. The second kappa shape index (κ2) is 6.19. The Labute approximate surface area is 110 Å². The minimum Gasteiger partial charge on any atom is -0.383 e. The van der Waals surface area contributed by atoms with Crippen LogP contribution >= 0.6 is 15.9 Å². The zero-order valence-electron chi connectivity index (χ0n) is 9.47. The molecule has 1 N–H and O–H groups in total. The number of methoxy groups -OCH3 is 1. The van der Waals surface area contributed by atoms with Crippen LogP contribution in [0.4, 0.5) is 13.2 Å². The van der Waals surface area contributed by atoms with Crippen molar-refractivity contribution >= 4 is 21.8 Å². The molecule has 0 fully saturated rings. The molecule has 0 saturated heterocycles. The third kappa shape index (κ3) is 3.71. The van der Waals surface area contributed by atoms with Gasteiger partial charge in [-0.05, 0) is 28.1 Å². The lowest BCUT2D eigenvalue weighted by molar-refractivity contribution is -0.138. The minimum atomic E-state index is -4.57. The summed E-state index contributed by atoms with van der Waals surface area (Å²) in [4.78, 5) is 11.7. The van der Waals surface area contributed by atoms with Crippen LogP contribution in [0.3, 0.4) is 0 Å². The Bertz CT molecular complexity index is 435. The SMILES string of the molecule is COCCNC(=O)c1c(Br)cccc1C(F)(F)F. The van der Waals surface area contributed by atoms with Crippen molar-refractivity contribution < 1.29 is 22.7 Å². The highest BCUT2D eigenvalue weighted by atomic mass is 79.9. The quantitative estimate of drug-likeness (QED) is 0.864. The molecule has 0 bridgehead atoms. The van der Waals surface area contributed by atoms with E-state index in [0.29, 0.717) is 0 Å². The van der Waals surface area contributed by atoms with Crippen LogP contribution in [0.25, 0.3) is 0 Å². The van der Waals surface area contributed by atoms with Gasteiger partial charge in [0.25, 0.3) is 5.91 Å². The molecule has 1 amide bonds. The van der Waals surface area contributed by atoms with E-state index in [1.807, 2.05) is 0 Å². The van der Waals surface area contributed by atoms with E-state index >= 15 is 0 Å². The van der Waals surface area contributed by atoms with Crippen LogP contribution in [-0.2, 0) is 10.9 Å². The zero-order valence-corrected chi connectivity index (χ0v) is 11.1. The molecule has 0 aliphatic rings. The third-order valence-electron chi connectivity index (χ3n) is 2.14. The fourth-order valence-electron chi connectivity index (χ4n) is 1.35. The molecular formula is C11H11BrF3NO2. The summed E-state index contributed by atoms with van der Waals surface area (Å²) in [6.45, 7) is 0.380. The molecule has 0 aliphatic carbocycles. The molecular weight excluding hydrogens is 315 g/mol. The van der Waals surface area contributed by atoms with Crippen LogP contribution in [-0.4, -0.2) is 26.2 Å². The van der Waals surface area contributed by atoms with Crippen LogP contribution in [0, 0.1) is 0 Å². The standard InChI is InChI=1S/C11H11BrF3NO2/c1-18-6-5-16-10(17)9-7(11(13,14)15)3-2-4-8(9)12/h2-4H,5-6H2,1H3,(H,16,17). The predicted molar refractivity (Wildman–Crippen MR) is 63.4 cm³/mol. The number of carbonyl (C=O) groups excluding carboxylic acids is 1. The lowest BCUT2D eigenvalue weighted by Gasteiger charge is -2.14. The molecule has 0 heterocycles. The van der Waals surface area contributed by atoms with Crippen molar-refractivity contribution in [1.82, 2.24) is 5.32 Å². The summed E-state index contributed by atoms with van der Waals surface area (Å²) >= 11 is 2.96. The minimum absolute atomic E-state index is 0.104. The van der Waals surface area contributed by atoms with E-state index in [4.69, 9.17) is 4.74 Å². The van der Waals surface area contributed by atoms with Gasteiger partial charge in [-0.2, -0.15) is 13.2 Å². The van der Waals surface area contributed by atoms with E-state index in [2.05, 4.69) is 21.2 Å². The molecule has 1 aromatic rings. The molecule has 7 heteroatoms. The van der Waals surface area contributed by atoms with Gasteiger partial charge in [0.05, 0.1) is 17.7 Å². The Morgan fingerprint density at radius 1 is 1.44 bits per heavy atom. The molecule has 0 unspecified atom stereocenters. The van der Waals surface area contributed by atoms with Crippen LogP contribution in [0.15, 0.2) is 22.7 Å². The molecule has 0 radical (unpaired) electrons. The van der Waals surface area contributed by atoms with Crippen molar-refractivity contribution in [2.75, 3.05) is 20.3 Å². The average molecular weight is 326 g/mol. The normalized spacial score (nSPS) is 11.4. The summed E-state index contributed by atoms with van der Waals surface area (Å²) in [5.74, 6) is -0.785. The van der Waals surface area contributed by atoms with Gasteiger partial charge in [-0.1, -0.05) is 6.07 Å². The monoisotopic (exact) mass is 325 g/mol. The average Bonchev–Trinajstić information content (AvgIpc) is 2.27. The Hall–Kier alpha value is -1.08. The number of alkyl halides is 3. The van der Waals surface area contributed by atoms with Gasteiger partial charge in [-0.3, -0.25) is 4.79 Å². The van der Waals surface area contributed by atoms with Crippen LogP contribution < -0.4 is 5.32 Å². The van der Waals surface area contributed by atoms with Gasteiger partial charge in [0, 0.05) is 18.1 Å². The smallest absolute Gasteiger partial charge is 0.383 e. The first-order chi connectivity index (χ1) is 8.38. The highest BCUT2D eigenvalue weighted by molar-refractivity contribution is 9.10. The highest BCUT2D eigenvalue weighted by Gasteiger charge is 2.36. The lowest BCUT2D eigenvalue weighted by atomic mass is 10.1. The summed E-state index contributed by atoms with van der Waals surface area (Å²) in [5.41, 5.74) is -1.38. The number of benzene rings is 1. The van der Waals surface area contributed by atoms with Crippen LogP contribution in [0.2, 0.25) is 0 Å². The van der Waals surface area contributed by atoms with Gasteiger partial charge in [-0.15, -0.1) is 0 Å². The van der Waals surface area contributed by atoms with E-state index in [-0.39, 0.29) is 17.6 Å². The van der Waals surface area contributed by atoms with Crippen molar-refractivity contribution in [3.63, 3.8) is 0 Å². The summed E-state index contributed by atoms with van der Waals surface area (Å²) in [6.07, 6.45) is -4.57. The second-order valence-corrected chi connectivity index (χ2v) is 4.26. The second-order valence-electron chi connectivity index (χ2n) is 3.41. The van der Waals surface area contributed by atoms with Crippen molar-refractivity contribution in [2.45, 2.75) is 6.18 Å². The van der Waals surface area contributed by atoms with Gasteiger partial charge in [-0.25, -0.2) is 0 Å². The molecule has 0 spiro atoms. The number of carbonyl (C=O) groups is 1. The van der Waals surface area contributed by atoms with Crippen molar-refractivity contribution in [2.24, 2.45) is 0 Å². The molecule has 0 atom stereocenters. The third-order valence-corrected chi connectivity index (χ3v) is 2.80. The zero-order chi connectivity index (χ0) is 13.8. The summed E-state index contributed by atoms with van der Waals surface area (Å²) in [7, 11) is 1.44. The largest absolute Gasteiger partial charge is 0.417 e. The maximum absolute atomic E-state index is 12.8. The summed E-state index contributed by atoms with van der Waals surface area (Å²) < 4.78 is 43.1. The number of amides is 1. The topological polar surface area (TPSA) is 38.3 Å². The van der Waals surface area contributed by atoms with Gasteiger partial charge >= 0.3 is 6.18 Å². The molecule has 0 saturated carbocycles. The van der Waals surface area contributed by atoms with Crippen LogP contribution in [0.1, 0.15) is 15.9 Å². The lowest BCUT2D eigenvalue weighted by Crippen LogP contribution is -2.29. The van der Waals surface area contributed by atoms with Gasteiger partial charge in [0.1, 0.15) is 0 Å². The fraction of sp³-hybridized carbons (Fsp3) is 0.364. The number of ether oxygens (including phenoxy) is 1. The van der Waals surface area contributed by atoms with Crippen LogP contribution in [0.5, 0.6) is 0 Å². The molecule has 1 aromatic carbocycles. The molecule has 0 aliphatic heterocycles. The number of hydrogen-bond acceptors (Lipinski definition) is 2. The number of halogens is 4. The number of nitrogens with one attached hydrogen (secondary N) is 1. The summed E-state index contributed by atoms with van der Waals surface area (Å²) in [5, 5.41) is 2.36. The summed E-state index contributed by atoms with van der Waals surface area (Å²) in [6, 6.07) is 3.50. The van der Waals surface area contributed by atoms with Crippen molar-refractivity contribution in [3.05, 3.63) is 33.8 Å². The van der Waals surface area contributed by atoms with E-state index in [1.165, 1.54) is 19.2 Å². The van der Waals surface area contributed by atoms with E-state index < -0.39 is 23.2 Å². The first-order valence-corrected chi connectivity index (χ1v) is 5.80. The van der Waals surface area contributed by atoms with E-state index in [0.717, 1.165) is 6.07 Å². The van der Waals surface area contributed by atoms with Gasteiger partial charge in [0.15, 0.2) is 0 Å². The van der Waals surface area contributed by atoms with Gasteiger partial charge in [0.2, 0.25) is 0 Å². The van der Waals surface area contributed by atoms with Crippen molar-refractivity contribution in [1.29, 1.82) is 0 Å². The maximum atomic E-state index is 12.8. The Morgan fingerprint density at radius 3 is 2.67 bits per heavy atom. The highest BCUT2D eigenvalue weighted by Crippen LogP contribution is 2.34. The fourth-order valence-corrected chi connectivity index (χ4v) is 1.89. The molecule has 18 heavy (non-hydrogen) atoms. The number of hydrogen-bond donors (Lipinski definition) is 1. The van der Waals surface area contributed by atoms with E-state index in [1.54, 1.807) is 0 Å². The Kier molecular flexibility index (Phi) is 5.15. The van der Waals surface area contributed by atoms with Crippen molar-refractivity contribution in [3.8, 4) is 0 Å². The molecule has 100 valence electrons. The first kappa shape index (κ1) is 15.0. The first-order valence-electron chi connectivity index (χ1n) is 5.00.